The highest BCUT2D eigenvalue weighted by atomic mass is 16.2. The summed E-state index contributed by atoms with van der Waals surface area (Å²) in [6.07, 6.45) is 3.56. The van der Waals surface area contributed by atoms with Crippen molar-refractivity contribution in [1.82, 2.24) is 10.6 Å². The lowest BCUT2D eigenvalue weighted by Crippen LogP contribution is -2.55. The molecule has 1 fully saturated rings. The minimum atomic E-state index is -0.607. The summed E-state index contributed by atoms with van der Waals surface area (Å²) in [6, 6.07) is 8.95. The molecule has 0 bridgehead atoms. The molecule has 2 rings (SSSR count). The molecular formula is C20H26N4O2. The van der Waals surface area contributed by atoms with E-state index in [9.17, 15) is 9.59 Å². The van der Waals surface area contributed by atoms with Gasteiger partial charge in [-0.25, -0.2) is 0 Å². The summed E-state index contributed by atoms with van der Waals surface area (Å²) < 4.78 is 0. The average molecular weight is 354 g/mol. The number of nitrogens with two attached hydrogens (primary N) is 1. The van der Waals surface area contributed by atoms with Gasteiger partial charge in [-0.15, -0.1) is 0 Å². The van der Waals surface area contributed by atoms with E-state index in [1.165, 1.54) is 6.08 Å². The fraction of sp³-hybridized carbons (Fsp3) is 0.350. The predicted octanol–water partition coefficient (Wildman–Crippen LogP) is 2.03. The van der Waals surface area contributed by atoms with Gasteiger partial charge < -0.3 is 16.4 Å². The van der Waals surface area contributed by atoms with Crippen LogP contribution in [0.5, 0.6) is 0 Å². The Hall–Kier alpha value is -2.89. The molecule has 0 radical (unpaired) electrons. The lowest BCUT2D eigenvalue weighted by atomic mass is 9.90. The monoisotopic (exact) mass is 354 g/mol. The molecule has 4 N–H and O–H groups in total. The van der Waals surface area contributed by atoms with Gasteiger partial charge in [0.25, 0.3) is 5.91 Å². The first-order valence-corrected chi connectivity index (χ1v) is 8.58. The summed E-state index contributed by atoms with van der Waals surface area (Å²) in [5.74, 6) is -0.607. The maximum Gasteiger partial charge on any atom is 0.268 e. The average Bonchev–Trinajstić information content (AvgIpc) is 2.58. The van der Waals surface area contributed by atoms with Crippen molar-refractivity contribution >= 4 is 18.0 Å². The van der Waals surface area contributed by atoms with E-state index in [-0.39, 0.29) is 22.9 Å². The van der Waals surface area contributed by atoms with Crippen LogP contribution in [0.3, 0.4) is 0 Å². The molecular weight excluding hydrogens is 328 g/mol. The number of rotatable bonds is 4. The second kappa shape index (κ2) is 7.99. The molecule has 1 atom stereocenters. The molecule has 138 valence electrons. The van der Waals surface area contributed by atoms with Crippen LogP contribution in [0.2, 0.25) is 0 Å². The van der Waals surface area contributed by atoms with Gasteiger partial charge in [0.2, 0.25) is 5.91 Å². The molecule has 1 aliphatic heterocycles. The van der Waals surface area contributed by atoms with Crippen molar-refractivity contribution in [3.63, 3.8) is 0 Å². The van der Waals surface area contributed by atoms with Crippen LogP contribution in [0.25, 0.3) is 0 Å². The number of carbonyl (C=O) groups is 2. The van der Waals surface area contributed by atoms with Crippen LogP contribution in [-0.4, -0.2) is 24.1 Å². The van der Waals surface area contributed by atoms with Gasteiger partial charge >= 0.3 is 0 Å². The number of piperazine rings is 1. The SMILES string of the molecule is C\C=N/C(/C=C1\NC(=O)C(Cc2ccccc2)NC1=O)=C(\N)C(C)(C)C. The number of allylic oxidation sites excluding steroid dienone is 2. The van der Waals surface area contributed by atoms with Crippen LogP contribution < -0.4 is 16.4 Å². The van der Waals surface area contributed by atoms with Crippen LogP contribution in [0, 0.1) is 5.41 Å². The van der Waals surface area contributed by atoms with Gasteiger partial charge in [0.15, 0.2) is 0 Å². The molecule has 6 nitrogen and oxygen atoms in total. The first-order chi connectivity index (χ1) is 12.2. The van der Waals surface area contributed by atoms with E-state index in [0.717, 1.165) is 5.56 Å². The first-order valence-electron chi connectivity index (χ1n) is 8.58. The molecule has 0 spiro atoms. The Balaban J connectivity index is 2.24. The molecule has 0 aromatic heterocycles. The zero-order valence-corrected chi connectivity index (χ0v) is 15.7. The van der Waals surface area contributed by atoms with E-state index in [1.807, 2.05) is 51.1 Å². The fourth-order valence-electron chi connectivity index (χ4n) is 2.52. The highest BCUT2D eigenvalue weighted by Crippen LogP contribution is 2.25. The number of hydrogen-bond acceptors (Lipinski definition) is 4. The molecule has 6 heteroatoms. The first kappa shape index (κ1) is 19.4. The Morgan fingerprint density at radius 1 is 1.23 bits per heavy atom. The second-order valence-electron chi connectivity index (χ2n) is 7.20. The molecule has 1 aliphatic rings. The third-order valence-corrected chi connectivity index (χ3v) is 4.04. The normalized spacial score (nSPS) is 20.8. The highest BCUT2D eigenvalue weighted by Gasteiger charge is 2.30. The van der Waals surface area contributed by atoms with Crippen molar-refractivity contribution in [2.24, 2.45) is 16.1 Å². The van der Waals surface area contributed by atoms with Crippen LogP contribution in [0.1, 0.15) is 33.3 Å². The molecule has 0 aliphatic carbocycles. The van der Waals surface area contributed by atoms with Crippen molar-refractivity contribution in [2.75, 3.05) is 0 Å². The Morgan fingerprint density at radius 3 is 2.46 bits per heavy atom. The third-order valence-electron chi connectivity index (χ3n) is 4.04. The van der Waals surface area contributed by atoms with Crippen LogP contribution in [-0.2, 0) is 16.0 Å². The van der Waals surface area contributed by atoms with Crippen molar-refractivity contribution in [3.05, 3.63) is 59.1 Å². The van der Waals surface area contributed by atoms with Crippen molar-refractivity contribution < 1.29 is 9.59 Å². The van der Waals surface area contributed by atoms with Gasteiger partial charge in [-0.2, -0.15) is 0 Å². The van der Waals surface area contributed by atoms with E-state index >= 15 is 0 Å². The highest BCUT2D eigenvalue weighted by molar-refractivity contribution is 6.04. The number of carbonyl (C=O) groups excluding carboxylic acids is 2. The van der Waals surface area contributed by atoms with Crippen molar-refractivity contribution in [3.8, 4) is 0 Å². The number of nitrogens with zero attached hydrogens (tertiary/aromatic N) is 1. The van der Waals surface area contributed by atoms with Gasteiger partial charge in [0.05, 0.1) is 5.70 Å². The van der Waals surface area contributed by atoms with Crippen LogP contribution in [0.4, 0.5) is 0 Å². The van der Waals surface area contributed by atoms with E-state index in [0.29, 0.717) is 17.8 Å². The number of benzene rings is 1. The minimum Gasteiger partial charge on any atom is -0.400 e. The maximum absolute atomic E-state index is 12.4. The molecule has 1 saturated heterocycles. The second-order valence-corrected chi connectivity index (χ2v) is 7.20. The Kier molecular flexibility index (Phi) is 5.97. The maximum atomic E-state index is 12.4. The quantitative estimate of drug-likeness (QED) is 0.570. The summed E-state index contributed by atoms with van der Waals surface area (Å²) in [7, 11) is 0. The van der Waals surface area contributed by atoms with Gasteiger partial charge in [-0.1, -0.05) is 51.1 Å². The summed E-state index contributed by atoms with van der Waals surface area (Å²) >= 11 is 0. The summed E-state index contributed by atoms with van der Waals surface area (Å²) in [6.45, 7) is 7.65. The van der Waals surface area contributed by atoms with Crippen molar-refractivity contribution in [2.45, 2.75) is 40.2 Å². The number of nitrogens with one attached hydrogen (secondary N) is 2. The van der Waals surface area contributed by atoms with Gasteiger partial charge in [-0.05, 0) is 18.6 Å². The molecule has 0 saturated carbocycles. The van der Waals surface area contributed by atoms with Gasteiger partial charge in [0.1, 0.15) is 11.7 Å². The molecule has 1 unspecified atom stereocenters. The summed E-state index contributed by atoms with van der Waals surface area (Å²) in [5.41, 5.74) is 8.00. The standard InChI is InChI=1S/C20H26N4O2/c1-5-22-14(17(21)20(2,3)4)12-16-19(26)23-15(18(25)24-16)11-13-9-7-6-8-10-13/h5-10,12,15H,11,21H2,1-4H3,(H,23,26)(H,24,25)/b16-12-,17-14-,22-5-. The third kappa shape index (κ3) is 4.81. The number of aliphatic imine (C=N–C) groups is 1. The number of amides is 2. The zero-order chi connectivity index (χ0) is 19.3. The largest absolute Gasteiger partial charge is 0.400 e. The number of hydrogen-bond donors (Lipinski definition) is 3. The predicted molar refractivity (Wildman–Crippen MR) is 103 cm³/mol. The van der Waals surface area contributed by atoms with E-state index in [2.05, 4.69) is 15.6 Å². The zero-order valence-electron chi connectivity index (χ0n) is 15.7. The molecule has 1 aromatic carbocycles. The van der Waals surface area contributed by atoms with E-state index in [4.69, 9.17) is 5.73 Å². The Morgan fingerprint density at radius 2 is 1.88 bits per heavy atom. The lowest BCUT2D eigenvalue weighted by molar-refractivity contribution is -0.131. The fourth-order valence-corrected chi connectivity index (χ4v) is 2.52. The smallest absolute Gasteiger partial charge is 0.268 e. The van der Waals surface area contributed by atoms with Gasteiger partial charge in [0, 0.05) is 23.7 Å². The molecule has 1 heterocycles. The minimum absolute atomic E-state index is 0.145. The topological polar surface area (TPSA) is 96.6 Å². The van der Waals surface area contributed by atoms with Crippen LogP contribution >= 0.6 is 0 Å². The van der Waals surface area contributed by atoms with Gasteiger partial charge in [-0.3, -0.25) is 14.6 Å². The van der Waals surface area contributed by atoms with E-state index < -0.39 is 6.04 Å². The van der Waals surface area contributed by atoms with Crippen molar-refractivity contribution in [1.29, 1.82) is 0 Å². The molecule has 1 aromatic rings. The Bertz CT molecular complexity index is 771. The lowest BCUT2D eigenvalue weighted by Gasteiger charge is -2.26. The molecule has 2 amide bonds. The van der Waals surface area contributed by atoms with Crippen LogP contribution in [0.15, 0.2) is 58.5 Å². The molecule has 26 heavy (non-hydrogen) atoms. The summed E-state index contributed by atoms with van der Waals surface area (Å²) in [5, 5.41) is 5.43. The Labute approximate surface area is 154 Å². The van der Waals surface area contributed by atoms with E-state index in [1.54, 1.807) is 13.1 Å². The summed E-state index contributed by atoms with van der Waals surface area (Å²) in [4.78, 5) is 29.1.